The van der Waals surface area contributed by atoms with E-state index in [0.29, 0.717) is 23.4 Å². The molecule has 0 aliphatic heterocycles. The van der Waals surface area contributed by atoms with Gasteiger partial charge in [-0.1, -0.05) is 20.8 Å². The van der Waals surface area contributed by atoms with Crippen LogP contribution in [0.15, 0.2) is 0 Å². The Kier molecular flexibility index (Phi) is 4.00. The molecule has 2 atom stereocenters. The third-order valence-corrected chi connectivity index (χ3v) is 3.70. The summed E-state index contributed by atoms with van der Waals surface area (Å²) >= 11 is 0. The molecule has 3 nitrogen and oxygen atoms in total. The predicted octanol–water partition coefficient (Wildman–Crippen LogP) is 2.61. The molecule has 0 amide bonds. The number of hydrogen-bond acceptors (Lipinski definition) is 2. The fraction of sp³-hybridized carbons (Fsp3) is 0.923. The molecule has 1 aliphatic carbocycles. The quantitative estimate of drug-likeness (QED) is 0.802. The van der Waals surface area contributed by atoms with Crippen LogP contribution in [-0.2, 0) is 4.79 Å². The van der Waals surface area contributed by atoms with Crippen LogP contribution in [0, 0.1) is 11.3 Å². The van der Waals surface area contributed by atoms with Crippen LogP contribution >= 0.6 is 0 Å². The first kappa shape index (κ1) is 13.5. The van der Waals surface area contributed by atoms with E-state index >= 15 is 0 Å². The highest BCUT2D eigenvalue weighted by atomic mass is 16.4. The number of rotatable bonds is 4. The van der Waals surface area contributed by atoms with Gasteiger partial charge in [-0.3, -0.25) is 9.69 Å². The van der Waals surface area contributed by atoms with Crippen molar-refractivity contribution in [1.29, 1.82) is 0 Å². The van der Waals surface area contributed by atoms with Crippen LogP contribution in [0.5, 0.6) is 0 Å². The van der Waals surface area contributed by atoms with E-state index < -0.39 is 5.97 Å². The minimum Gasteiger partial charge on any atom is -0.480 e. The van der Waals surface area contributed by atoms with Gasteiger partial charge in [0.1, 0.15) is 0 Å². The van der Waals surface area contributed by atoms with Gasteiger partial charge in [-0.15, -0.1) is 0 Å². The fourth-order valence-electron chi connectivity index (χ4n) is 3.14. The average Bonchev–Trinajstić information content (AvgIpc) is 2.34. The van der Waals surface area contributed by atoms with Gasteiger partial charge in [0.2, 0.25) is 0 Å². The number of nitrogens with zero attached hydrogens (tertiary/aromatic N) is 1. The van der Waals surface area contributed by atoms with Crippen LogP contribution in [0.2, 0.25) is 0 Å². The minimum absolute atomic E-state index is 0.169. The van der Waals surface area contributed by atoms with E-state index in [1.165, 1.54) is 6.42 Å². The molecule has 0 aromatic carbocycles. The van der Waals surface area contributed by atoms with E-state index in [-0.39, 0.29) is 6.54 Å². The molecule has 0 radical (unpaired) electrons. The maximum atomic E-state index is 10.9. The second-order valence-electron chi connectivity index (χ2n) is 6.28. The normalized spacial score (nSPS) is 28.9. The summed E-state index contributed by atoms with van der Waals surface area (Å²) < 4.78 is 0. The Morgan fingerprint density at radius 2 is 2.00 bits per heavy atom. The molecule has 0 aromatic rings. The van der Waals surface area contributed by atoms with E-state index in [4.69, 9.17) is 5.11 Å². The standard InChI is InChI=1S/C13H25NO2/c1-9(2)14(8-12(15)16)11-7-13(4,5)6-10(11)3/h9-11H,6-8H2,1-5H3,(H,15,16). The molecule has 1 N–H and O–H groups in total. The Bertz CT molecular complexity index is 261. The Labute approximate surface area is 98.8 Å². The summed E-state index contributed by atoms with van der Waals surface area (Å²) in [5, 5.41) is 8.97. The molecule has 0 saturated heterocycles. The van der Waals surface area contributed by atoms with E-state index in [0.717, 1.165) is 6.42 Å². The molecular weight excluding hydrogens is 202 g/mol. The lowest BCUT2D eigenvalue weighted by Crippen LogP contribution is -2.45. The van der Waals surface area contributed by atoms with Gasteiger partial charge in [0.25, 0.3) is 0 Å². The highest BCUT2D eigenvalue weighted by Gasteiger charge is 2.40. The molecule has 0 bridgehead atoms. The lowest BCUT2D eigenvalue weighted by Gasteiger charge is -2.34. The van der Waals surface area contributed by atoms with Gasteiger partial charge in [-0.2, -0.15) is 0 Å². The molecule has 1 saturated carbocycles. The average molecular weight is 227 g/mol. The summed E-state index contributed by atoms with van der Waals surface area (Å²) in [7, 11) is 0. The molecule has 1 rings (SSSR count). The molecule has 0 aromatic heterocycles. The summed E-state index contributed by atoms with van der Waals surface area (Å²) in [4.78, 5) is 13.0. The molecular formula is C13H25NO2. The highest BCUT2D eigenvalue weighted by molar-refractivity contribution is 5.69. The Morgan fingerprint density at radius 1 is 1.44 bits per heavy atom. The third kappa shape index (κ3) is 3.21. The molecule has 0 heterocycles. The summed E-state index contributed by atoms with van der Waals surface area (Å²) in [6.07, 6.45) is 2.31. The van der Waals surface area contributed by atoms with Crippen molar-refractivity contribution < 1.29 is 9.90 Å². The minimum atomic E-state index is -0.717. The number of carboxylic acid groups (broad SMARTS) is 1. The molecule has 0 spiro atoms. The lowest BCUT2D eigenvalue weighted by atomic mass is 9.91. The highest BCUT2D eigenvalue weighted by Crippen LogP contribution is 2.43. The summed E-state index contributed by atoms with van der Waals surface area (Å²) in [6, 6.07) is 0.726. The van der Waals surface area contributed by atoms with Crippen LogP contribution in [0.25, 0.3) is 0 Å². The number of carboxylic acids is 1. The second kappa shape index (κ2) is 4.74. The molecule has 2 unspecified atom stereocenters. The van der Waals surface area contributed by atoms with Crippen LogP contribution in [0.1, 0.15) is 47.5 Å². The van der Waals surface area contributed by atoms with E-state index in [1.807, 2.05) is 0 Å². The molecule has 94 valence electrons. The van der Waals surface area contributed by atoms with E-state index in [9.17, 15) is 4.79 Å². The van der Waals surface area contributed by atoms with Crippen LogP contribution in [0.4, 0.5) is 0 Å². The maximum Gasteiger partial charge on any atom is 0.317 e. The van der Waals surface area contributed by atoms with Gasteiger partial charge in [0.05, 0.1) is 6.54 Å². The summed E-state index contributed by atoms with van der Waals surface area (Å²) in [6.45, 7) is 11.1. The van der Waals surface area contributed by atoms with Gasteiger partial charge in [0, 0.05) is 12.1 Å². The number of carbonyl (C=O) groups is 1. The predicted molar refractivity (Wildman–Crippen MR) is 65.4 cm³/mol. The first-order valence-electron chi connectivity index (χ1n) is 6.20. The van der Waals surface area contributed by atoms with Gasteiger partial charge in [-0.25, -0.2) is 0 Å². The zero-order valence-electron chi connectivity index (χ0n) is 11.2. The SMILES string of the molecule is CC1CC(C)(C)CC1N(CC(=O)O)C(C)C. The van der Waals surface area contributed by atoms with Crippen LogP contribution < -0.4 is 0 Å². The van der Waals surface area contributed by atoms with Crippen molar-refractivity contribution in [3.63, 3.8) is 0 Å². The fourth-order valence-corrected chi connectivity index (χ4v) is 3.14. The Hall–Kier alpha value is -0.570. The summed E-state index contributed by atoms with van der Waals surface area (Å²) in [5.74, 6) is -0.123. The number of aliphatic carboxylic acids is 1. The van der Waals surface area contributed by atoms with Crippen molar-refractivity contribution in [3.05, 3.63) is 0 Å². The van der Waals surface area contributed by atoms with Crippen molar-refractivity contribution in [1.82, 2.24) is 4.90 Å². The van der Waals surface area contributed by atoms with Gasteiger partial charge in [-0.05, 0) is 38.0 Å². The Balaban J connectivity index is 2.75. The van der Waals surface area contributed by atoms with Crippen molar-refractivity contribution in [2.45, 2.75) is 59.5 Å². The van der Waals surface area contributed by atoms with Crippen molar-refractivity contribution in [3.8, 4) is 0 Å². The monoisotopic (exact) mass is 227 g/mol. The molecule has 1 aliphatic rings. The second-order valence-corrected chi connectivity index (χ2v) is 6.28. The van der Waals surface area contributed by atoms with E-state index in [1.54, 1.807) is 0 Å². The van der Waals surface area contributed by atoms with Gasteiger partial charge >= 0.3 is 5.97 Å². The van der Waals surface area contributed by atoms with Crippen molar-refractivity contribution in [2.75, 3.05) is 6.54 Å². The lowest BCUT2D eigenvalue weighted by molar-refractivity contribution is -0.139. The zero-order valence-corrected chi connectivity index (χ0v) is 11.2. The zero-order chi connectivity index (χ0) is 12.5. The smallest absolute Gasteiger partial charge is 0.317 e. The molecule has 3 heteroatoms. The van der Waals surface area contributed by atoms with Gasteiger partial charge < -0.3 is 5.11 Å². The van der Waals surface area contributed by atoms with Crippen molar-refractivity contribution in [2.24, 2.45) is 11.3 Å². The maximum absolute atomic E-state index is 10.9. The van der Waals surface area contributed by atoms with Crippen LogP contribution in [0.3, 0.4) is 0 Å². The first-order chi connectivity index (χ1) is 7.23. The molecule has 16 heavy (non-hydrogen) atoms. The summed E-state index contributed by atoms with van der Waals surface area (Å²) in [5.41, 5.74) is 0.357. The third-order valence-electron chi connectivity index (χ3n) is 3.70. The first-order valence-corrected chi connectivity index (χ1v) is 6.20. The molecule has 1 fully saturated rings. The van der Waals surface area contributed by atoms with Crippen LogP contribution in [-0.4, -0.2) is 34.6 Å². The largest absolute Gasteiger partial charge is 0.480 e. The van der Waals surface area contributed by atoms with Crippen molar-refractivity contribution >= 4 is 5.97 Å². The number of hydrogen-bond donors (Lipinski definition) is 1. The van der Waals surface area contributed by atoms with E-state index in [2.05, 4.69) is 39.5 Å². The Morgan fingerprint density at radius 3 is 2.31 bits per heavy atom. The topological polar surface area (TPSA) is 40.5 Å². The van der Waals surface area contributed by atoms with Gasteiger partial charge in [0.15, 0.2) is 0 Å².